The minimum atomic E-state index is 0.126. The number of ether oxygens (including phenoxy) is 1. The fraction of sp³-hybridized carbons (Fsp3) is 0.444. The van der Waals surface area contributed by atoms with Crippen LogP contribution in [0, 0.1) is 0 Å². The monoisotopic (exact) mass is 271 g/mol. The van der Waals surface area contributed by atoms with Gasteiger partial charge < -0.3 is 10.1 Å². The Hall–Kier alpha value is -1.54. The normalized spacial score (nSPS) is 22.8. The summed E-state index contributed by atoms with van der Waals surface area (Å²) in [5.74, 6) is 0.916. The predicted octanol–water partition coefficient (Wildman–Crippen LogP) is 3.88. The van der Waals surface area contributed by atoms with E-state index in [4.69, 9.17) is 4.74 Å². The van der Waals surface area contributed by atoms with E-state index >= 15 is 0 Å². The van der Waals surface area contributed by atoms with Crippen LogP contribution < -0.4 is 10.1 Å². The summed E-state index contributed by atoms with van der Waals surface area (Å²) in [5, 5.41) is 3.79. The molecule has 1 aromatic carbocycles. The number of benzene rings is 1. The second-order valence-electron chi connectivity index (χ2n) is 5.60. The van der Waals surface area contributed by atoms with Crippen LogP contribution in [-0.2, 0) is 6.42 Å². The highest BCUT2D eigenvalue weighted by Gasteiger charge is 2.26. The first-order valence-corrected chi connectivity index (χ1v) is 7.42. The second kappa shape index (κ2) is 6.76. The Balaban J connectivity index is 1.95. The molecule has 1 aromatic rings. The fourth-order valence-corrected chi connectivity index (χ4v) is 2.79. The summed E-state index contributed by atoms with van der Waals surface area (Å²) in [5.41, 5.74) is 1.47. The Labute approximate surface area is 122 Å². The van der Waals surface area contributed by atoms with Crippen LogP contribution in [0.1, 0.15) is 32.3 Å². The van der Waals surface area contributed by atoms with Gasteiger partial charge in [-0.05, 0) is 43.9 Å². The van der Waals surface area contributed by atoms with Crippen LogP contribution in [0.2, 0.25) is 0 Å². The van der Waals surface area contributed by atoms with E-state index in [2.05, 4.69) is 55.6 Å². The first-order chi connectivity index (χ1) is 9.67. The van der Waals surface area contributed by atoms with E-state index in [0.717, 1.165) is 25.0 Å². The zero-order valence-electron chi connectivity index (χ0n) is 12.7. The summed E-state index contributed by atoms with van der Waals surface area (Å²) in [6.45, 7) is 4.50. The minimum Gasteiger partial charge on any atom is -0.497 e. The Bertz CT molecular complexity index is 475. The lowest BCUT2D eigenvalue weighted by Gasteiger charge is -2.34. The minimum absolute atomic E-state index is 0.126. The van der Waals surface area contributed by atoms with Gasteiger partial charge in [0, 0.05) is 11.6 Å². The van der Waals surface area contributed by atoms with E-state index in [0.29, 0.717) is 6.04 Å². The lowest BCUT2D eigenvalue weighted by atomic mass is 9.87. The van der Waals surface area contributed by atoms with Gasteiger partial charge >= 0.3 is 0 Å². The number of hydrogen-bond acceptors (Lipinski definition) is 2. The van der Waals surface area contributed by atoms with Crippen LogP contribution in [0.5, 0.6) is 5.75 Å². The van der Waals surface area contributed by atoms with Crippen molar-refractivity contribution in [1.29, 1.82) is 0 Å². The van der Waals surface area contributed by atoms with E-state index in [1.165, 1.54) is 5.56 Å². The van der Waals surface area contributed by atoms with Gasteiger partial charge in [-0.25, -0.2) is 0 Å². The molecule has 108 valence electrons. The topological polar surface area (TPSA) is 21.3 Å². The molecule has 0 amide bonds. The highest BCUT2D eigenvalue weighted by Crippen LogP contribution is 2.23. The second-order valence-corrected chi connectivity index (χ2v) is 5.60. The van der Waals surface area contributed by atoms with Crippen LogP contribution in [0.25, 0.3) is 0 Å². The Morgan fingerprint density at radius 2 is 2.00 bits per heavy atom. The molecule has 0 bridgehead atoms. The fourth-order valence-electron chi connectivity index (χ4n) is 2.79. The summed E-state index contributed by atoms with van der Waals surface area (Å²) >= 11 is 0. The number of rotatable bonds is 6. The van der Waals surface area contributed by atoms with Crippen molar-refractivity contribution in [3.63, 3.8) is 0 Å². The van der Waals surface area contributed by atoms with Crippen molar-refractivity contribution >= 4 is 0 Å². The Kier molecular flexibility index (Phi) is 5.02. The molecule has 1 unspecified atom stereocenters. The standard InChI is InChI=1S/C18H25NO/c1-4-18(12-6-5-7-13-18)19-15(2)14-16-8-10-17(20-3)11-9-16/h5-12,15,19H,4,13-14H2,1-3H3/t15?,18-/m0/s1. The number of allylic oxidation sites excluding steroid dienone is 2. The molecule has 2 rings (SSSR count). The molecule has 0 aliphatic heterocycles. The van der Waals surface area contributed by atoms with Crippen LogP contribution in [-0.4, -0.2) is 18.7 Å². The molecule has 0 radical (unpaired) electrons. The molecular weight excluding hydrogens is 246 g/mol. The van der Waals surface area contributed by atoms with E-state index in [1.807, 2.05) is 12.1 Å². The van der Waals surface area contributed by atoms with Gasteiger partial charge in [0.15, 0.2) is 0 Å². The molecule has 2 nitrogen and oxygen atoms in total. The molecular formula is C18H25NO. The third-order valence-corrected chi connectivity index (χ3v) is 4.01. The molecule has 2 heteroatoms. The highest BCUT2D eigenvalue weighted by atomic mass is 16.5. The van der Waals surface area contributed by atoms with Crippen molar-refractivity contribution in [2.45, 2.75) is 44.7 Å². The van der Waals surface area contributed by atoms with Gasteiger partial charge in [0.25, 0.3) is 0 Å². The SMILES string of the molecule is CC[C@]1(NC(C)Cc2ccc(OC)cc2)C=CC=CC1. The van der Waals surface area contributed by atoms with Crippen molar-refractivity contribution in [1.82, 2.24) is 5.32 Å². The van der Waals surface area contributed by atoms with Gasteiger partial charge in [0.05, 0.1) is 7.11 Å². The maximum absolute atomic E-state index is 5.20. The van der Waals surface area contributed by atoms with Crippen molar-refractivity contribution in [2.24, 2.45) is 0 Å². The van der Waals surface area contributed by atoms with E-state index in [-0.39, 0.29) is 5.54 Å². The van der Waals surface area contributed by atoms with Crippen molar-refractivity contribution in [2.75, 3.05) is 7.11 Å². The Morgan fingerprint density at radius 1 is 1.25 bits per heavy atom. The van der Waals surface area contributed by atoms with Gasteiger partial charge in [-0.1, -0.05) is 43.4 Å². The van der Waals surface area contributed by atoms with Gasteiger partial charge in [-0.3, -0.25) is 0 Å². The third-order valence-electron chi connectivity index (χ3n) is 4.01. The molecule has 0 spiro atoms. The summed E-state index contributed by atoms with van der Waals surface area (Å²) in [4.78, 5) is 0. The molecule has 1 aliphatic rings. The third kappa shape index (κ3) is 3.73. The highest BCUT2D eigenvalue weighted by molar-refractivity contribution is 5.28. The molecule has 0 saturated heterocycles. The van der Waals surface area contributed by atoms with Crippen LogP contribution >= 0.6 is 0 Å². The molecule has 2 atom stereocenters. The van der Waals surface area contributed by atoms with Gasteiger partial charge in [-0.15, -0.1) is 0 Å². The van der Waals surface area contributed by atoms with Gasteiger partial charge in [0.2, 0.25) is 0 Å². The first kappa shape index (κ1) is 14.9. The quantitative estimate of drug-likeness (QED) is 0.847. The molecule has 20 heavy (non-hydrogen) atoms. The molecule has 0 fully saturated rings. The van der Waals surface area contributed by atoms with Crippen LogP contribution in [0.3, 0.4) is 0 Å². The predicted molar refractivity (Wildman–Crippen MR) is 85.2 cm³/mol. The number of methoxy groups -OCH3 is 1. The number of nitrogens with one attached hydrogen (secondary N) is 1. The average molecular weight is 271 g/mol. The van der Waals surface area contributed by atoms with E-state index in [9.17, 15) is 0 Å². The summed E-state index contributed by atoms with van der Waals surface area (Å²) in [7, 11) is 1.70. The summed E-state index contributed by atoms with van der Waals surface area (Å²) in [6, 6.07) is 8.79. The van der Waals surface area contributed by atoms with Crippen molar-refractivity contribution in [3.05, 3.63) is 54.1 Å². The van der Waals surface area contributed by atoms with Crippen molar-refractivity contribution < 1.29 is 4.74 Å². The Morgan fingerprint density at radius 3 is 2.55 bits per heavy atom. The lowest BCUT2D eigenvalue weighted by molar-refractivity contribution is 0.343. The molecule has 0 heterocycles. The average Bonchev–Trinajstić information content (AvgIpc) is 2.49. The van der Waals surface area contributed by atoms with E-state index < -0.39 is 0 Å². The van der Waals surface area contributed by atoms with Crippen LogP contribution in [0.15, 0.2) is 48.6 Å². The number of hydrogen-bond donors (Lipinski definition) is 1. The molecule has 0 aromatic heterocycles. The molecule has 1 N–H and O–H groups in total. The smallest absolute Gasteiger partial charge is 0.118 e. The van der Waals surface area contributed by atoms with Crippen LogP contribution in [0.4, 0.5) is 0 Å². The first-order valence-electron chi connectivity index (χ1n) is 7.42. The zero-order chi connectivity index (χ0) is 14.4. The molecule has 1 aliphatic carbocycles. The largest absolute Gasteiger partial charge is 0.497 e. The van der Waals surface area contributed by atoms with Gasteiger partial charge in [0.1, 0.15) is 5.75 Å². The summed E-state index contributed by atoms with van der Waals surface area (Å²) in [6.07, 6.45) is 12.1. The van der Waals surface area contributed by atoms with Crippen molar-refractivity contribution in [3.8, 4) is 5.75 Å². The molecule has 0 saturated carbocycles. The lowest BCUT2D eigenvalue weighted by Crippen LogP contribution is -2.48. The van der Waals surface area contributed by atoms with Gasteiger partial charge in [-0.2, -0.15) is 0 Å². The summed E-state index contributed by atoms with van der Waals surface area (Å²) < 4.78 is 5.20. The maximum atomic E-state index is 5.20. The van der Waals surface area contributed by atoms with E-state index in [1.54, 1.807) is 7.11 Å². The zero-order valence-corrected chi connectivity index (χ0v) is 12.7. The maximum Gasteiger partial charge on any atom is 0.118 e.